The first-order valence-corrected chi connectivity index (χ1v) is 13.5. The van der Waals surface area contributed by atoms with Crippen LogP contribution in [0.4, 0.5) is 4.79 Å². The van der Waals surface area contributed by atoms with E-state index in [0.29, 0.717) is 19.6 Å². The maximum atomic E-state index is 13.0. The van der Waals surface area contributed by atoms with Gasteiger partial charge in [-0.2, -0.15) is 4.31 Å². The van der Waals surface area contributed by atoms with Crippen LogP contribution in [0.5, 0.6) is 0 Å². The maximum Gasteiger partial charge on any atom is 0.315 e. The number of halogens is 1. The van der Waals surface area contributed by atoms with Crippen LogP contribution in [0.2, 0.25) is 5.02 Å². The molecule has 1 saturated heterocycles. The van der Waals surface area contributed by atoms with E-state index < -0.39 is 10.0 Å². The van der Waals surface area contributed by atoms with Gasteiger partial charge >= 0.3 is 6.03 Å². The fourth-order valence-electron chi connectivity index (χ4n) is 6.99. The topological polar surface area (TPSA) is 78.5 Å². The molecule has 5 fully saturated rings. The van der Waals surface area contributed by atoms with Gasteiger partial charge in [-0.15, -0.1) is 0 Å². The van der Waals surface area contributed by atoms with Crippen molar-refractivity contribution < 1.29 is 13.2 Å². The number of piperidine rings is 1. The number of carbonyl (C=O) groups excluding carboxylic acids is 1. The van der Waals surface area contributed by atoms with Gasteiger partial charge in [-0.05, 0) is 87.2 Å². The number of hydrogen-bond donors (Lipinski definition) is 2. The summed E-state index contributed by atoms with van der Waals surface area (Å²) in [6.45, 7) is 1.39. The fourth-order valence-corrected chi connectivity index (χ4v) is 9.04. The Kier molecular flexibility index (Phi) is 5.72. The molecule has 170 valence electrons. The van der Waals surface area contributed by atoms with Crippen molar-refractivity contribution in [1.82, 2.24) is 14.9 Å². The van der Waals surface area contributed by atoms with E-state index in [-0.39, 0.29) is 27.4 Å². The van der Waals surface area contributed by atoms with Crippen molar-refractivity contribution in [2.45, 2.75) is 61.8 Å². The Balaban J connectivity index is 1.17. The molecule has 6 rings (SSSR count). The molecule has 8 heteroatoms. The Morgan fingerprint density at radius 1 is 1.10 bits per heavy atom. The van der Waals surface area contributed by atoms with Crippen LogP contribution in [0.15, 0.2) is 29.2 Å². The summed E-state index contributed by atoms with van der Waals surface area (Å²) in [4.78, 5) is 12.9. The van der Waals surface area contributed by atoms with Crippen molar-refractivity contribution in [3.8, 4) is 0 Å². The molecule has 1 aromatic carbocycles. The lowest BCUT2D eigenvalue weighted by Gasteiger charge is -2.56. The number of nitrogens with zero attached hydrogens (tertiary/aromatic N) is 1. The molecule has 2 N–H and O–H groups in total. The molecule has 6 nitrogen and oxygen atoms in total. The van der Waals surface area contributed by atoms with E-state index in [4.69, 9.17) is 11.6 Å². The third-order valence-corrected chi connectivity index (χ3v) is 10.3. The standard InChI is InChI=1S/C23H32ClN3O3S/c24-20-5-1-2-6-21(20)31(29,30)27-7-3-4-16(15-27)14-25-22(28)26-23-11-17-8-18(12-23)10-19(9-17)13-23/h1-2,5-6,16-19H,3-4,7-15H2,(H2,25,26,28). The van der Waals surface area contributed by atoms with E-state index in [1.807, 2.05) is 0 Å². The Labute approximate surface area is 190 Å². The third kappa shape index (κ3) is 4.33. The second kappa shape index (κ2) is 8.23. The molecule has 0 spiro atoms. The number of sulfonamides is 1. The Bertz CT molecular complexity index is 916. The van der Waals surface area contributed by atoms with Crippen LogP contribution in [0, 0.1) is 23.7 Å². The zero-order valence-corrected chi connectivity index (χ0v) is 19.4. The summed E-state index contributed by atoms with van der Waals surface area (Å²) < 4.78 is 27.6. The lowest BCUT2D eigenvalue weighted by atomic mass is 9.53. The molecule has 4 aliphatic carbocycles. The van der Waals surface area contributed by atoms with Crippen molar-refractivity contribution >= 4 is 27.7 Å². The molecule has 1 atom stereocenters. The van der Waals surface area contributed by atoms with Crippen LogP contribution >= 0.6 is 11.6 Å². The highest BCUT2D eigenvalue weighted by atomic mass is 35.5. The van der Waals surface area contributed by atoms with Crippen LogP contribution in [0.25, 0.3) is 0 Å². The maximum absolute atomic E-state index is 13.0. The summed E-state index contributed by atoms with van der Waals surface area (Å²) in [5.41, 5.74) is -0.00910. The highest BCUT2D eigenvalue weighted by Crippen LogP contribution is 2.55. The predicted molar refractivity (Wildman–Crippen MR) is 120 cm³/mol. The van der Waals surface area contributed by atoms with Crippen molar-refractivity contribution in [3.05, 3.63) is 29.3 Å². The second-order valence-electron chi connectivity index (χ2n) is 10.3. The lowest BCUT2D eigenvalue weighted by Crippen LogP contribution is -2.61. The summed E-state index contributed by atoms with van der Waals surface area (Å²) in [7, 11) is -3.63. The number of urea groups is 1. The molecule has 4 saturated carbocycles. The summed E-state index contributed by atoms with van der Waals surface area (Å²) in [6, 6.07) is 6.49. The van der Waals surface area contributed by atoms with Crippen LogP contribution < -0.4 is 10.6 Å². The summed E-state index contributed by atoms with van der Waals surface area (Å²) >= 11 is 6.14. The van der Waals surface area contributed by atoms with Gasteiger partial charge in [-0.1, -0.05) is 23.7 Å². The van der Waals surface area contributed by atoms with Gasteiger partial charge in [-0.3, -0.25) is 0 Å². The van der Waals surface area contributed by atoms with Crippen LogP contribution in [0.1, 0.15) is 51.4 Å². The van der Waals surface area contributed by atoms with E-state index >= 15 is 0 Å². The van der Waals surface area contributed by atoms with E-state index in [1.54, 1.807) is 24.3 Å². The first-order chi connectivity index (χ1) is 14.8. The van der Waals surface area contributed by atoms with Gasteiger partial charge in [0.05, 0.1) is 5.02 Å². The van der Waals surface area contributed by atoms with Gasteiger partial charge in [0.2, 0.25) is 10.0 Å². The van der Waals surface area contributed by atoms with Gasteiger partial charge in [-0.25, -0.2) is 13.2 Å². The minimum absolute atomic E-state index is 0.00910. The van der Waals surface area contributed by atoms with E-state index in [2.05, 4.69) is 10.6 Å². The minimum Gasteiger partial charge on any atom is -0.338 e. The monoisotopic (exact) mass is 465 g/mol. The normalized spacial score (nSPS) is 35.1. The van der Waals surface area contributed by atoms with Crippen LogP contribution in [0.3, 0.4) is 0 Å². The van der Waals surface area contributed by atoms with Crippen molar-refractivity contribution in [2.24, 2.45) is 23.7 Å². The van der Waals surface area contributed by atoms with Crippen molar-refractivity contribution in [2.75, 3.05) is 19.6 Å². The molecule has 0 radical (unpaired) electrons. The van der Waals surface area contributed by atoms with Gasteiger partial charge in [0.15, 0.2) is 0 Å². The quantitative estimate of drug-likeness (QED) is 0.689. The number of nitrogens with one attached hydrogen (secondary N) is 2. The first kappa shape index (κ1) is 21.5. The molecule has 4 bridgehead atoms. The highest BCUT2D eigenvalue weighted by Gasteiger charge is 2.51. The fraction of sp³-hybridized carbons (Fsp3) is 0.696. The smallest absolute Gasteiger partial charge is 0.315 e. The predicted octanol–water partition coefficient (Wildman–Crippen LogP) is 4.01. The largest absolute Gasteiger partial charge is 0.338 e. The van der Waals surface area contributed by atoms with Gasteiger partial charge in [0.25, 0.3) is 0 Å². The second-order valence-corrected chi connectivity index (χ2v) is 12.6. The lowest BCUT2D eigenvalue weighted by molar-refractivity contribution is -0.0135. The number of rotatable bonds is 5. The number of hydrogen-bond acceptors (Lipinski definition) is 3. The molecule has 2 amide bonds. The van der Waals surface area contributed by atoms with Crippen LogP contribution in [-0.2, 0) is 10.0 Å². The van der Waals surface area contributed by atoms with Crippen molar-refractivity contribution in [3.63, 3.8) is 0 Å². The summed E-state index contributed by atoms with van der Waals surface area (Å²) in [5.74, 6) is 2.46. The zero-order chi connectivity index (χ0) is 21.6. The molecule has 1 aliphatic heterocycles. The molecule has 31 heavy (non-hydrogen) atoms. The van der Waals surface area contributed by atoms with Gasteiger partial charge in [0.1, 0.15) is 4.90 Å². The Hall–Kier alpha value is -1.31. The SMILES string of the molecule is O=C(NCC1CCCN(S(=O)(=O)c2ccccc2Cl)C1)NC12CC3CC(CC(C3)C1)C2. The molecule has 1 heterocycles. The molecular weight excluding hydrogens is 434 g/mol. The summed E-state index contributed by atoms with van der Waals surface area (Å²) in [5, 5.41) is 6.64. The minimum atomic E-state index is -3.63. The highest BCUT2D eigenvalue weighted by molar-refractivity contribution is 7.89. The molecule has 1 unspecified atom stereocenters. The van der Waals surface area contributed by atoms with Gasteiger partial charge in [0, 0.05) is 25.2 Å². The van der Waals surface area contributed by atoms with E-state index in [9.17, 15) is 13.2 Å². The Morgan fingerprint density at radius 2 is 1.74 bits per heavy atom. The Morgan fingerprint density at radius 3 is 2.39 bits per heavy atom. The van der Waals surface area contributed by atoms with Crippen molar-refractivity contribution in [1.29, 1.82) is 0 Å². The number of amides is 2. The number of benzene rings is 1. The average Bonchev–Trinajstić information content (AvgIpc) is 2.71. The number of carbonyl (C=O) groups is 1. The molecule has 1 aromatic rings. The van der Waals surface area contributed by atoms with E-state index in [1.165, 1.54) is 23.6 Å². The zero-order valence-electron chi connectivity index (χ0n) is 17.9. The molecule has 0 aromatic heterocycles. The van der Waals surface area contributed by atoms with E-state index in [0.717, 1.165) is 49.9 Å². The first-order valence-electron chi connectivity index (χ1n) is 11.6. The molecular formula is C23H32ClN3O3S. The summed E-state index contributed by atoms with van der Waals surface area (Å²) in [6.07, 6.45) is 9.11. The van der Waals surface area contributed by atoms with Crippen LogP contribution in [-0.4, -0.2) is 43.9 Å². The third-order valence-electron chi connectivity index (χ3n) is 7.90. The molecule has 5 aliphatic rings. The van der Waals surface area contributed by atoms with Gasteiger partial charge < -0.3 is 10.6 Å². The average molecular weight is 466 g/mol.